The van der Waals surface area contributed by atoms with Crippen molar-refractivity contribution in [3.8, 4) is 23.7 Å². The van der Waals surface area contributed by atoms with Crippen molar-refractivity contribution < 1.29 is 0 Å². The highest BCUT2D eigenvalue weighted by atomic mass is 14.0. The van der Waals surface area contributed by atoms with E-state index in [1.165, 1.54) is 22.3 Å². The van der Waals surface area contributed by atoms with E-state index in [1.54, 1.807) is 0 Å². The van der Waals surface area contributed by atoms with Gasteiger partial charge < -0.3 is 0 Å². The lowest BCUT2D eigenvalue weighted by Gasteiger charge is -1.97. The van der Waals surface area contributed by atoms with Gasteiger partial charge in [-0.1, -0.05) is 24.0 Å². The molecule has 0 fully saturated rings. The lowest BCUT2D eigenvalue weighted by atomic mass is 10.1. The predicted octanol–water partition coefficient (Wildman–Crippen LogP) is 4.32. The molecule has 0 amide bonds. The van der Waals surface area contributed by atoms with E-state index in [4.69, 9.17) is 0 Å². The Morgan fingerprint density at radius 1 is 0.500 bits per heavy atom. The first-order valence-corrected chi connectivity index (χ1v) is 6.71. The van der Waals surface area contributed by atoms with Crippen LogP contribution in [-0.4, -0.2) is 0 Å². The van der Waals surface area contributed by atoms with Crippen LogP contribution in [0.3, 0.4) is 0 Å². The summed E-state index contributed by atoms with van der Waals surface area (Å²) >= 11 is 0. The summed E-state index contributed by atoms with van der Waals surface area (Å²) in [5, 5.41) is 0. The van der Waals surface area contributed by atoms with E-state index in [2.05, 4.69) is 87.8 Å². The molecule has 98 valence electrons. The average molecular weight is 258 g/mol. The summed E-state index contributed by atoms with van der Waals surface area (Å²) in [7, 11) is 0. The fourth-order valence-electron chi connectivity index (χ4n) is 2.30. The van der Waals surface area contributed by atoms with Crippen LogP contribution >= 0.6 is 0 Å². The van der Waals surface area contributed by atoms with Gasteiger partial charge in [0.1, 0.15) is 0 Å². The van der Waals surface area contributed by atoms with Crippen molar-refractivity contribution in [1.29, 1.82) is 0 Å². The number of hydrogen-bond acceptors (Lipinski definition) is 0. The predicted molar refractivity (Wildman–Crippen MR) is 85.6 cm³/mol. The maximum atomic E-state index is 3.10. The van der Waals surface area contributed by atoms with Crippen molar-refractivity contribution in [2.45, 2.75) is 27.7 Å². The highest BCUT2D eigenvalue weighted by Gasteiger charge is 1.92. The molecule has 2 aromatic rings. The van der Waals surface area contributed by atoms with E-state index < -0.39 is 0 Å². The molecule has 0 radical (unpaired) electrons. The summed E-state index contributed by atoms with van der Waals surface area (Å²) in [6.45, 7) is 8.33. The van der Waals surface area contributed by atoms with E-state index in [-0.39, 0.29) is 0 Å². The Bertz CT molecular complexity index is 648. The molecule has 0 aliphatic rings. The molecule has 0 aromatic heterocycles. The smallest absolute Gasteiger partial charge is 0.0260 e. The molecule has 2 aromatic carbocycles. The fraction of sp³-hybridized carbons (Fsp3) is 0.200. The zero-order chi connectivity index (χ0) is 14.5. The summed E-state index contributed by atoms with van der Waals surface area (Å²) < 4.78 is 0. The molecule has 20 heavy (non-hydrogen) atoms. The molecule has 0 unspecified atom stereocenters. The van der Waals surface area contributed by atoms with E-state index in [0.717, 1.165) is 11.1 Å². The van der Waals surface area contributed by atoms with Gasteiger partial charge in [0.05, 0.1) is 0 Å². The minimum absolute atomic E-state index is 1.03. The standard InChI is InChI=1S/C20H18/c1-15-9-16(2)12-19(11-15)7-5-6-8-20-13-17(3)10-18(4)14-20/h9-14H,1-4H3. The van der Waals surface area contributed by atoms with Crippen LogP contribution in [0, 0.1) is 51.4 Å². The van der Waals surface area contributed by atoms with Crippen LogP contribution in [-0.2, 0) is 0 Å². The molecule has 0 spiro atoms. The van der Waals surface area contributed by atoms with Crippen LogP contribution in [0.15, 0.2) is 36.4 Å². The van der Waals surface area contributed by atoms with Crippen LogP contribution in [0.4, 0.5) is 0 Å². The van der Waals surface area contributed by atoms with Gasteiger partial charge >= 0.3 is 0 Å². The number of benzene rings is 2. The highest BCUT2D eigenvalue weighted by molar-refractivity contribution is 5.47. The molecule has 0 saturated heterocycles. The molecule has 0 heterocycles. The monoisotopic (exact) mass is 258 g/mol. The highest BCUT2D eigenvalue weighted by Crippen LogP contribution is 2.08. The van der Waals surface area contributed by atoms with Crippen molar-refractivity contribution in [1.82, 2.24) is 0 Å². The normalized spacial score (nSPS) is 9.20. The van der Waals surface area contributed by atoms with Gasteiger partial charge in [-0.15, -0.1) is 0 Å². The topological polar surface area (TPSA) is 0 Å². The summed E-state index contributed by atoms with van der Waals surface area (Å²) in [5.41, 5.74) is 6.98. The van der Waals surface area contributed by atoms with Crippen molar-refractivity contribution in [3.63, 3.8) is 0 Å². The van der Waals surface area contributed by atoms with E-state index in [9.17, 15) is 0 Å². The first-order chi connectivity index (χ1) is 9.52. The summed E-state index contributed by atoms with van der Waals surface area (Å²) in [6.07, 6.45) is 0. The molecule has 0 aliphatic carbocycles. The Labute approximate surface area is 121 Å². The fourth-order valence-corrected chi connectivity index (χ4v) is 2.30. The van der Waals surface area contributed by atoms with Crippen molar-refractivity contribution in [2.75, 3.05) is 0 Å². The molecular formula is C20H18. The molecule has 0 atom stereocenters. The Kier molecular flexibility index (Phi) is 4.29. The van der Waals surface area contributed by atoms with Crippen molar-refractivity contribution in [3.05, 3.63) is 69.8 Å². The second kappa shape index (κ2) is 6.14. The Hall–Kier alpha value is -2.44. The van der Waals surface area contributed by atoms with Gasteiger partial charge in [0.2, 0.25) is 0 Å². The zero-order valence-corrected chi connectivity index (χ0v) is 12.5. The van der Waals surface area contributed by atoms with Crippen LogP contribution in [0.5, 0.6) is 0 Å². The van der Waals surface area contributed by atoms with Crippen molar-refractivity contribution in [2.24, 2.45) is 0 Å². The maximum Gasteiger partial charge on any atom is 0.0260 e. The first-order valence-electron chi connectivity index (χ1n) is 6.71. The van der Waals surface area contributed by atoms with Gasteiger partial charge in [0.25, 0.3) is 0 Å². The average Bonchev–Trinajstić information content (AvgIpc) is 2.32. The molecule has 0 heteroatoms. The summed E-state index contributed by atoms with van der Waals surface area (Å²) in [4.78, 5) is 0. The lowest BCUT2D eigenvalue weighted by Crippen LogP contribution is -1.81. The molecule has 0 saturated carbocycles. The van der Waals surface area contributed by atoms with Gasteiger partial charge in [-0.3, -0.25) is 0 Å². The van der Waals surface area contributed by atoms with Crippen LogP contribution in [0.2, 0.25) is 0 Å². The number of rotatable bonds is 0. The van der Waals surface area contributed by atoms with Gasteiger partial charge in [0.15, 0.2) is 0 Å². The minimum atomic E-state index is 1.03. The van der Waals surface area contributed by atoms with Gasteiger partial charge in [-0.2, -0.15) is 0 Å². The molecule has 0 nitrogen and oxygen atoms in total. The van der Waals surface area contributed by atoms with Gasteiger partial charge in [-0.05, 0) is 86.1 Å². The van der Waals surface area contributed by atoms with E-state index >= 15 is 0 Å². The Morgan fingerprint density at radius 2 is 0.800 bits per heavy atom. The largest absolute Gasteiger partial charge is 0.0563 e. The number of hydrogen-bond donors (Lipinski definition) is 0. The third-order valence-corrected chi connectivity index (χ3v) is 2.92. The molecular weight excluding hydrogens is 240 g/mol. The Balaban J connectivity index is 2.21. The quantitative estimate of drug-likeness (QED) is 0.617. The third-order valence-electron chi connectivity index (χ3n) is 2.92. The van der Waals surface area contributed by atoms with Crippen molar-refractivity contribution >= 4 is 0 Å². The second-order valence-electron chi connectivity index (χ2n) is 5.25. The van der Waals surface area contributed by atoms with Crippen LogP contribution in [0.25, 0.3) is 0 Å². The van der Waals surface area contributed by atoms with Gasteiger partial charge in [0, 0.05) is 11.1 Å². The summed E-state index contributed by atoms with van der Waals surface area (Å²) in [6, 6.07) is 12.6. The number of aryl methyl sites for hydroxylation is 4. The second-order valence-corrected chi connectivity index (χ2v) is 5.25. The molecule has 0 N–H and O–H groups in total. The zero-order valence-electron chi connectivity index (χ0n) is 12.5. The molecule has 0 aliphatic heterocycles. The van der Waals surface area contributed by atoms with E-state index in [0.29, 0.717) is 0 Å². The lowest BCUT2D eigenvalue weighted by molar-refractivity contribution is 1.37. The maximum absolute atomic E-state index is 3.10. The van der Waals surface area contributed by atoms with Crippen LogP contribution < -0.4 is 0 Å². The van der Waals surface area contributed by atoms with Crippen LogP contribution in [0.1, 0.15) is 33.4 Å². The minimum Gasteiger partial charge on any atom is -0.0563 e. The molecule has 2 rings (SSSR count). The SMILES string of the molecule is Cc1cc(C)cc(C#CC#Cc2cc(C)cc(C)c2)c1. The van der Waals surface area contributed by atoms with Gasteiger partial charge in [-0.25, -0.2) is 0 Å². The summed E-state index contributed by atoms with van der Waals surface area (Å²) in [5.74, 6) is 12.1. The molecule has 0 bridgehead atoms. The first kappa shape index (κ1) is 14.0. The third kappa shape index (κ3) is 4.04. The van der Waals surface area contributed by atoms with E-state index in [1.807, 2.05) is 0 Å². The Morgan fingerprint density at radius 3 is 1.10 bits per heavy atom.